The quantitative estimate of drug-likeness (QED) is 0.825. The Morgan fingerprint density at radius 1 is 1.27 bits per heavy atom. The van der Waals surface area contributed by atoms with Crippen molar-refractivity contribution >= 4 is 11.9 Å². The van der Waals surface area contributed by atoms with Crippen LogP contribution in [0.25, 0.3) is 5.69 Å². The van der Waals surface area contributed by atoms with Gasteiger partial charge in [-0.3, -0.25) is 9.59 Å². The number of carbonyl (C=O) groups is 2. The van der Waals surface area contributed by atoms with Crippen LogP contribution in [0.4, 0.5) is 0 Å². The summed E-state index contributed by atoms with van der Waals surface area (Å²) in [5.74, 6) is -1.70. The van der Waals surface area contributed by atoms with E-state index in [9.17, 15) is 14.7 Å². The van der Waals surface area contributed by atoms with E-state index < -0.39 is 11.9 Å². The zero-order valence-corrected chi connectivity index (χ0v) is 14.7. The maximum Gasteiger partial charge on any atom is 0.308 e. The molecule has 0 bridgehead atoms. The van der Waals surface area contributed by atoms with Crippen LogP contribution in [0.15, 0.2) is 36.5 Å². The van der Waals surface area contributed by atoms with Crippen molar-refractivity contribution in [2.24, 2.45) is 11.8 Å². The summed E-state index contributed by atoms with van der Waals surface area (Å²) < 4.78 is 7.03. The fraction of sp³-hybridized carbons (Fsp3) is 0.421. The molecule has 1 amide bonds. The number of carbonyl (C=O) groups excluding carboxylic acids is 1. The van der Waals surface area contributed by atoms with Crippen molar-refractivity contribution in [3.63, 3.8) is 0 Å². The van der Waals surface area contributed by atoms with Gasteiger partial charge in [-0.25, -0.2) is 4.68 Å². The van der Waals surface area contributed by atoms with Gasteiger partial charge in [-0.15, -0.1) is 0 Å². The molecule has 1 fully saturated rings. The summed E-state index contributed by atoms with van der Waals surface area (Å²) >= 11 is 0. The SMILES string of the molecule is Cc1ccn(-c2ccc(C(=O)NCC(C(=O)O)C3CCOCC3)cc2)n1. The molecular weight excluding hydrogens is 334 g/mol. The number of nitrogens with zero attached hydrogens (tertiary/aromatic N) is 2. The summed E-state index contributed by atoms with van der Waals surface area (Å²) in [5.41, 5.74) is 2.27. The Balaban J connectivity index is 1.60. The number of amides is 1. The lowest BCUT2D eigenvalue weighted by atomic mass is 9.86. The van der Waals surface area contributed by atoms with Gasteiger partial charge in [0.05, 0.1) is 17.3 Å². The summed E-state index contributed by atoms with van der Waals surface area (Å²) in [6, 6.07) is 8.96. The minimum absolute atomic E-state index is 0.0342. The Kier molecular flexibility index (Phi) is 5.68. The summed E-state index contributed by atoms with van der Waals surface area (Å²) in [5, 5.41) is 16.6. The molecule has 2 N–H and O–H groups in total. The molecule has 0 radical (unpaired) electrons. The largest absolute Gasteiger partial charge is 0.481 e. The van der Waals surface area contributed by atoms with E-state index in [1.54, 1.807) is 16.8 Å². The molecule has 1 aliphatic rings. The van der Waals surface area contributed by atoms with E-state index in [1.165, 1.54) is 0 Å². The number of carboxylic acid groups (broad SMARTS) is 1. The van der Waals surface area contributed by atoms with Crippen LogP contribution >= 0.6 is 0 Å². The highest BCUT2D eigenvalue weighted by Crippen LogP contribution is 2.24. The van der Waals surface area contributed by atoms with Crippen molar-refractivity contribution in [3.8, 4) is 5.69 Å². The van der Waals surface area contributed by atoms with E-state index in [4.69, 9.17) is 4.74 Å². The maximum absolute atomic E-state index is 12.4. The summed E-state index contributed by atoms with van der Waals surface area (Å²) in [7, 11) is 0. The van der Waals surface area contributed by atoms with Crippen molar-refractivity contribution < 1.29 is 19.4 Å². The molecule has 2 aromatic rings. The highest BCUT2D eigenvalue weighted by atomic mass is 16.5. The number of nitrogens with one attached hydrogen (secondary N) is 1. The molecule has 1 saturated heterocycles. The average molecular weight is 357 g/mol. The fourth-order valence-electron chi connectivity index (χ4n) is 3.20. The molecule has 7 nitrogen and oxygen atoms in total. The Morgan fingerprint density at radius 3 is 2.54 bits per heavy atom. The van der Waals surface area contributed by atoms with Gasteiger partial charge in [0, 0.05) is 31.5 Å². The van der Waals surface area contributed by atoms with Gasteiger partial charge in [0.2, 0.25) is 0 Å². The van der Waals surface area contributed by atoms with E-state index >= 15 is 0 Å². The van der Waals surface area contributed by atoms with Gasteiger partial charge in [-0.1, -0.05) is 0 Å². The number of aryl methyl sites for hydroxylation is 1. The van der Waals surface area contributed by atoms with E-state index in [-0.39, 0.29) is 18.4 Å². The minimum Gasteiger partial charge on any atom is -0.481 e. The predicted octanol–water partition coefficient (Wildman–Crippen LogP) is 2.04. The first-order valence-electron chi connectivity index (χ1n) is 8.76. The van der Waals surface area contributed by atoms with Crippen molar-refractivity contribution in [1.82, 2.24) is 15.1 Å². The Bertz CT molecular complexity index is 763. The zero-order chi connectivity index (χ0) is 18.5. The molecule has 0 aliphatic carbocycles. The number of carboxylic acids is 1. The zero-order valence-electron chi connectivity index (χ0n) is 14.7. The third-order valence-electron chi connectivity index (χ3n) is 4.75. The van der Waals surface area contributed by atoms with Crippen LogP contribution < -0.4 is 5.32 Å². The van der Waals surface area contributed by atoms with Gasteiger partial charge in [0.15, 0.2) is 0 Å². The Hall–Kier alpha value is -2.67. The first kappa shape index (κ1) is 18.1. The molecule has 0 spiro atoms. The second-order valence-electron chi connectivity index (χ2n) is 6.55. The highest BCUT2D eigenvalue weighted by molar-refractivity contribution is 5.94. The molecule has 0 saturated carbocycles. The van der Waals surface area contributed by atoms with Crippen molar-refractivity contribution in [1.29, 1.82) is 0 Å². The minimum atomic E-state index is -0.874. The molecule has 2 heterocycles. The molecule has 3 rings (SSSR count). The van der Waals surface area contributed by atoms with Crippen LogP contribution in [0.1, 0.15) is 28.9 Å². The Labute approximate surface area is 152 Å². The van der Waals surface area contributed by atoms with E-state index in [0.29, 0.717) is 31.6 Å². The number of hydrogen-bond donors (Lipinski definition) is 2. The van der Waals surface area contributed by atoms with Gasteiger partial charge in [-0.2, -0.15) is 5.10 Å². The van der Waals surface area contributed by atoms with Gasteiger partial charge >= 0.3 is 5.97 Å². The smallest absolute Gasteiger partial charge is 0.308 e. The fourth-order valence-corrected chi connectivity index (χ4v) is 3.20. The third kappa shape index (κ3) is 4.29. The van der Waals surface area contributed by atoms with E-state index in [1.807, 2.05) is 31.3 Å². The first-order valence-corrected chi connectivity index (χ1v) is 8.76. The summed E-state index contributed by atoms with van der Waals surface area (Å²) in [4.78, 5) is 23.9. The van der Waals surface area contributed by atoms with E-state index in [0.717, 1.165) is 11.4 Å². The molecule has 1 atom stereocenters. The van der Waals surface area contributed by atoms with Crippen molar-refractivity contribution in [2.45, 2.75) is 19.8 Å². The van der Waals surface area contributed by atoms with Gasteiger partial charge in [0.1, 0.15) is 0 Å². The highest BCUT2D eigenvalue weighted by Gasteiger charge is 2.30. The van der Waals surface area contributed by atoms with Crippen LogP contribution in [-0.4, -0.2) is 46.5 Å². The number of rotatable bonds is 6. The Morgan fingerprint density at radius 2 is 1.96 bits per heavy atom. The van der Waals surface area contributed by atoms with Crippen LogP contribution in [0.5, 0.6) is 0 Å². The second kappa shape index (κ2) is 8.14. The van der Waals surface area contributed by atoms with Crippen molar-refractivity contribution in [3.05, 3.63) is 47.8 Å². The molecule has 1 aromatic heterocycles. The molecular formula is C19H23N3O4. The lowest BCUT2D eigenvalue weighted by molar-refractivity contribution is -0.144. The second-order valence-corrected chi connectivity index (χ2v) is 6.55. The van der Waals surface area contributed by atoms with Crippen LogP contribution in [-0.2, 0) is 9.53 Å². The van der Waals surface area contributed by atoms with Crippen molar-refractivity contribution in [2.75, 3.05) is 19.8 Å². The molecule has 1 aromatic carbocycles. The standard InChI is InChI=1S/C19H23N3O4/c1-13-6-9-22(21-13)16-4-2-15(3-5-16)18(23)20-12-17(19(24)25)14-7-10-26-11-8-14/h2-6,9,14,17H,7-8,10-12H2,1H3,(H,20,23)(H,24,25). The molecule has 26 heavy (non-hydrogen) atoms. The van der Waals surface area contributed by atoms with Crippen LogP contribution in [0.2, 0.25) is 0 Å². The normalized spacial score (nSPS) is 16.2. The number of aromatic nitrogens is 2. The maximum atomic E-state index is 12.4. The summed E-state index contributed by atoms with van der Waals surface area (Å²) in [6.07, 6.45) is 3.28. The van der Waals surface area contributed by atoms with E-state index in [2.05, 4.69) is 10.4 Å². The summed E-state index contributed by atoms with van der Waals surface area (Å²) in [6.45, 7) is 3.20. The van der Waals surface area contributed by atoms with Crippen LogP contribution in [0.3, 0.4) is 0 Å². The first-order chi connectivity index (χ1) is 12.5. The number of ether oxygens (including phenoxy) is 1. The van der Waals surface area contributed by atoms with Crippen LogP contribution in [0, 0.1) is 18.8 Å². The number of hydrogen-bond acceptors (Lipinski definition) is 4. The topological polar surface area (TPSA) is 93.5 Å². The predicted molar refractivity (Wildman–Crippen MR) is 95.3 cm³/mol. The number of aliphatic carboxylic acids is 1. The molecule has 7 heteroatoms. The lowest BCUT2D eigenvalue weighted by Gasteiger charge is -2.27. The third-order valence-corrected chi connectivity index (χ3v) is 4.75. The van der Waals surface area contributed by atoms with Gasteiger partial charge in [-0.05, 0) is 56.0 Å². The number of benzene rings is 1. The molecule has 138 valence electrons. The molecule has 1 aliphatic heterocycles. The molecule has 1 unspecified atom stereocenters. The lowest BCUT2D eigenvalue weighted by Crippen LogP contribution is -2.39. The monoisotopic (exact) mass is 357 g/mol. The average Bonchev–Trinajstić information content (AvgIpc) is 3.09. The van der Waals surface area contributed by atoms with Gasteiger partial charge in [0.25, 0.3) is 5.91 Å². The van der Waals surface area contributed by atoms with Gasteiger partial charge < -0.3 is 15.2 Å².